The lowest BCUT2D eigenvalue weighted by Gasteiger charge is -2.30. The van der Waals surface area contributed by atoms with Gasteiger partial charge in [-0.1, -0.05) is 24.6 Å². The Morgan fingerprint density at radius 3 is 2.64 bits per heavy atom. The van der Waals surface area contributed by atoms with E-state index < -0.39 is 0 Å². The maximum Gasteiger partial charge on any atom is 1.00 e. The number of piperidine rings is 1. The molecule has 2 fully saturated rings. The second kappa shape index (κ2) is 8.18. The lowest BCUT2D eigenvalue weighted by Crippen LogP contribution is -3.00. The van der Waals surface area contributed by atoms with Crippen molar-refractivity contribution in [2.75, 3.05) is 31.9 Å². The van der Waals surface area contributed by atoms with Gasteiger partial charge in [0.05, 0.1) is 5.75 Å². The van der Waals surface area contributed by atoms with E-state index in [2.05, 4.69) is 4.90 Å². The molecule has 1 aromatic rings. The van der Waals surface area contributed by atoms with Crippen LogP contribution in [0.2, 0.25) is 0 Å². The Balaban J connectivity index is 0.00000132. The quantitative estimate of drug-likeness (QED) is 0.768. The summed E-state index contributed by atoms with van der Waals surface area (Å²) in [5.41, 5.74) is 0.631. The molecular formula is C16H22ClFN2OS. The molecule has 6 heteroatoms. The van der Waals surface area contributed by atoms with Crippen LogP contribution in [0, 0.1) is 5.82 Å². The average molecular weight is 345 g/mol. The lowest BCUT2D eigenvalue weighted by atomic mass is 10.1. The maximum atomic E-state index is 14.0. The third kappa shape index (κ3) is 3.94. The van der Waals surface area contributed by atoms with Gasteiger partial charge in [0, 0.05) is 18.7 Å². The van der Waals surface area contributed by atoms with Gasteiger partial charge in [0.25, 0.3) is 0 Å². The zero-order chi connectivity index (χ0) is 14.7. The third-order valence-corrected chi connectivity index (χ3v) is 5.48. The van der Waals surface area contributed by atoms with Crippen molar-refractivity contribution in [2.24, 2.45) is 0 Å². The summed E-state index contributed by atoms with van der Waals surface area (Å²) in [5, 5.41) is -0.163. The highest BCUT2D eigenvalue weighted by Gasteiger charge is 2.34. The van der Waals surface area contributed by atoms with Crippen molar-refractivity contribution in [1.29, 1.82) is 0 Å². The van der Waals surface area contributed by atoms with Gasteiger partial charge in [-0.05, 0) is 32.0 Å². The van der Waals surface area contributed by atoms with E-state index in [-0.39, 0.29) is 30.9 Å². The van der Waals surface area contributed by atoms with Gasteiger partial charge in [0.2, 0.25) is 5.91 Å². The van der Waals surface area contributed by atoms with Crippen LogP contribution < -0.4 is 12.4 Å². The molecule has 3 rings (SSSR count). The molecule has 1 atom stereocenters. The largest absolute Gasteiger partial charge is 1.00 e. The molecule has 1 aromatic carbocycles. The highest BCUT2D eigenvalue weighted by Crippen LogP contribution is 2.39. The smallest absolute Gasteiger partial charge is 1.00 e. The number of thioether (sulfide) groups is 1. The zero-order valence-corrected chi connectivity index (χ0v) is 14.1. The van der Waals surface area contributed by atoms with Crippen LogP contribution in [0.1, 0.15) is 31.6 Å². The summed E-state index contributed by atoms with van der Waals surface area (Å²) >= 11 is 1.53. The maximum absolute atomic E-state index is 14.0. The molecular weight excluding hydrogens is 323 g/mol. The Kier molecular flexibility index (Phi) is 6.53. The molecule has 0 saturated carbocycles. The molecule has 1 amide bonds. The highest BCUT2D eigenvalue weighted by molar-refractivity contribution is 8.00. The van der Waals surface area contributed by atoms with Crippen molar-refractivity contribution in [1.82, 2.24) is 9.80 Å². The highest BCUT2D eigenvalue weighted by atomic mass is 35.5. The Labute approximate surface area is 143 Å². The minimum Gasteiger partial charge on any atom is -1.00 e. The van der Waals surface area contributed by atoms with Crippen molar-refractivity contribution < 1.29 is 23.0 Å². The summed E-state index contributed by atoms with van der Waals surface area (Å²) in [6.45, 7) is 3.85. The van der Waals surface area contributed by atoms with Gasteiger partial charge in [-0.2, -0.15) is 0 Å². The second-order valence-corrected chi connectivity index (χ2v) is 6.74. The Hall–Kier alpha value is -0.780. The predicted octanol–water partition coefficient (Wildman–Crippen LogP) is 0.00210. The fourth-order valence-corrected chi connectivity index (χ4v) is 4.30. The molecule has 2 heterocycles. The third-order valence-electron chi connectivity index (χ3n) is 4.25. The van der Waals surface area contributed by atoms with Crippen LogP contribution in [0.4, 0.5) is 4.39 Å². The van der Waals surface area contributed by atoms with E-state index in [0.29, 0.717) is 17.9 Å². The standard InChI is InChI=1S/C16H21FN2OS.ClH/c17-14-7-3-2-6-13(14)16-19(15(20)12-21-16)11-10-18-8-4-1-5-9-18;/h2-3,6-7,16H,1,4-5,8-12H2;1H. The number of nitrogens with zero attached hydrogens (tertiary/aromatic N) is 2. The van der Waals surface area contributed by atoms with Crippen molar-refractivity contribution in [2.45, 2.75) is 24.6 Å². The summed E-state index contributed by atoms with van der Waals surface area (Å²) in [4.78, 5) is 16.4. The Bertz CT molecular complexity index is 517. The van der Waals surface area contributed by atoms with Crippen LogP contribution in [-0.2, 0) is 4.79 Å². The first-order valence-electron chi connectivity index (χ1n) is 7.63. The van der Waals surface area contributed by atoms with Crippen molar-refractivity contribution in [3.63, 3.8) is 0 Å². The normalized spacial score (nSPS) is 22.7. The van der Waals surface area contributed by atoms with Gasteiger partial charge in [0.1, 0.15) is 11.2 Å². The van der Waals surface area contributed by atoms with E-state index in [1.165, 1.54) is 37.1 Å². The van der Waals surface area contributed by atoms with E-state index in [4.69, 9.17) is 0 Å². The number of likely N-dealkylation sites (tertiary alicyclic amines) is 1. The van der Waals surface area contributed by atoms with E-state index in [1.807, 2.05) is 11.0 Å². The van der Waals surface area contributed by atoms with Gasteiger partial charge in [-0.3, -0.25) is 4.79 Å². The fraction of sp³-hybridized carbons (Fsp3) is 0.562. The lowest BCUT2D eigenvalue weighted by molar-refractivity contribution is -0.128. The second-order valence-electron chi connectivity index (χ2n) is 5.67. The summed E-state index contributed by atoms with van der Waals surface area (Å²) in [6, 6.07) is 6.80. The van der Waals surface area contributed by atoms with Crippen LogP contribution in [0.5, 0.6) is 0 Å². The van der Waals surface area contributed by atoms with Gasteiger partial charge in [-0.15, -0.1) is 11.8 Å². The number of benzene rings is 1. The van der Waals surface area contributed by atoms with Gasteiger partial charge in [-0.25, -0.2) is 4.39 Å². The first-order chi connectivity index (χ1) is 10.3. The van der Waals surface area contributed by atoms with Gasteiger partial charge < -0.3 is 22.2 Å². The molecule has 2 saturated heterocycles. The zero-order valence-electron chi connectivity index (χ0n) is 13.5. The van der Waals surface area contributed by atoms with Crippen LogP contribution in [0.25, 0.3) is 0 Å². The summed E-state index contributed by atoms with van der Waals surface area (Å²) in [5.74, 6) is 0.372. The topological polar surface area (TPSA) is 23.6 Å². The first-order valence-corrected chi connectivity index (χ1v) is 8.68. The van der Waals surface area contributed by atoms with E-state index in [9.17, 15) is 9.18 Å². The van der Waals surface area contributed by atoms with E-state index in [1.54, 1.807) is 12.1 Å². The van der Waals surface area contributed by atoms with Crippen LogP contribution in [0.3, 0.4) is 0 Å². The van der Waals surface area contributed by atoms with Crippen LogP contribution in [0.15, 0.2) is 24.3 Å². The van der Waals surface area contributed by atoms with Gasteiger partial charge >= 0.3 is 1.43 Å². The number of amides is 1. The summed E-state index contributed by atoms with van der Waals surface area (Å²) < 4.78 is 14.0. The van der Waals surface area contributed by atoms with Crippen molar-refractivity contribution in [3.8, 4) is 0 Å². The van der Waals surface area contributed by atoms with Crippen LogP contribution in [-0.4, -0.2) is 47.6 Å². The average Bonchev–Trinajstić information content (AvgIpc) is 2.88. The summed E-state index contributed by atoms with van der Waals surface area (Å²) in [7, 11) is 0. The molecule has 0 aromatic heterocycles. The Morgan fingerprint density at radius 1 is 1.18 bits per heavy atom. The number of carbonyl (C=O) groups is 1. The minimum atomic E-state index is -0.215. The number of hydrogen-bond donors (Lipinski definition) is 0. The Morgan fingerprint density at radius 2 is 1.91 bits per heavy atom. The van der Waals surface area contributed by atoms with Crippen molar-refractivity contribution >= 4 is 17.7 Å². The minimum absolute atomic E-state index is 0. The molecule has 1 unspecified atom stereocenters. The molecule has 0 spiro atoms. The number of halogens is 2. The molecule has 122 valence electrons. The fourth-order valence-electron chi connectivity index (χ4n) is 3.06. The molecule has 22 heavy (non-hydrogen) atoms. The molecule has 2 aliphatic heterocycles. The molecule has 2 aliphatic rings. The molecule has 3 nitrogen and oxygen atoms in total. The number of rotatable bonds is 4. The number of carbonyl (C=O) groups excluding carboxylic acids is 1. The van der Waals surface area contributed by atoms with E-state index in [0.717, 1.165) is 19.6 Å². The molecule has 0 aliphatic carbocycles. The van der Waals surface area contributed by atoms with Crippen molar-refractivity contribution in [3.05, 3.63) is 35.6 Å². The monoisotopic (exact) mass is 344 g/mol. The van der Waals surface area contributed by atoms with Gasteiger partial charge in [0.15, 0.2) is 0 Å². The predicted molar refractivity (Wildman–Crippen MR) is 84.7 cm³/mol. The molecule has 0 N–H and O–H groups in total. The van der Waals surface area contributed by atoms with E-state index >= 15 is 0 Å². The first kappa shape index (κ1) is 17.6. The molecule has 0 radical (unpaired) electrons. The summed E-state index contributed by atoms with van der Waals surface area (Å²) in [6.07, 6.45) is 3.81. The molecule has 0 bridgehead atoms. The van der Waals surface area contributed by atoms with Crippen LogP contribution >= 0.6 is 11.8 Å². The SMILES string of the molecule is O=C1CSC(c2ccccc2F)N1CCN1CCCCC1.[Cl-].[H+]. The number of hydrogen-bond acceptors (Lipinski definition) is 3.